The van der Waals surface area contributed by atoms with E-state index in [-0.39, 0.29) is 5.92 Å². The molecule has 0 saturated carbocycles. The summed E-state index contributed by atoms with van der Waals surface area (Å²) in [6.07, 6.45) is 3.20. The highest BCUT2D eigenvalue weighted by molar-refractivity contribution is 5.41. The van der Waals surface area contributed by atoms with Crippen molar-refractivity contribution in [3.8, 4) is 11.8 Å². The first-order chi connectivity index (χ1) is 6.85. The Hall–Kier alpha value is -1.49. The smallest absolute Gasteiger partial charge is 0.119 e. The van der Waals surface area contributed by atoms with Crippen LogP contribution in [0.1, 0.15) is 29.9 Å². The quantitative estimate of drug-likeness (QED) is 0.677. The van der Waals surface area contributed by atoms with E-state index in [1.165, 1.54) is 5.56 Å². The van der Waals surface area contributed by atoms with Gasteiger partial charge in [0.1, 0.15) is 5.75 Å². The molecule has 0 bridgehead atoms. The standard InChI is InChI=1S/C12H13NO/c1-14-11-6-5-9-3-2-4-10(8-13)12(9)7-11/h5-7,10H,2-4H2,1H3. The Labute approximate surface area is 84.1 Å². The van der Waals surface area contributed by atoms with Crippen LogP contribution in [0.15, 0.2) is 18.2 Å². The van der Waals surface area contributed by atoms with E-state index in [2.05, 4.69) is 12.1 Å². The number of hydrogen-bond donors (Lipinski definition) is 0. The summed E-state index contributed by atoms with van der Waals surface area (Å²) in [4.78, 5) is 0. The van der Waals surface area contributed by atoms with Gasteiger partial charge >= 0.3 is 0 Å². The molecule has 0 amide bonds. The summed E-state index contributed by atoms with van der Waals surface area (Å²) < 4.78 is 5.16. The van der Waals surface area contributed by atoms with Crippen molar-refractivity contribution < 1.29 is 4.74 Å². The van der Waals surface area contributed by atoms with Crippen molar-refractivity contribution in [3.63, 3.8) is 0 Å². The van der Waals surface area contributed by atoms with E-state index in [9.17, 15) is 0 Å². The molecule has 0 fully saturated rings. The normalized spacial score (nSPS) is 19.6. The minimum Gasteiger partial charge on any atom is -0.497 e. The van der Waals surface area contributed by atoms with Crippen molar-refractivity contribution in [1.82, 2.24) is 0 Å². The number of aryl methyl sites for hydroxylation is 1. The highest BCUT2D eigenvalue weighted by Gasteiger charge is 2.19. The number of methoxy groups -OCH3 is 1. The molecule has 0 aliphatic heterocycles. The summed E-state index contributed by atoms with van der Waals surface area (Å²) in [6, 6.07) is 8.41. The molecule has 0 aromatic heterocycles. The van der Waals surface area contributed by atoms with Crippen LogP contribution in [0.3, 0.4) is 0 Å². The lowest BCUT2D eigenvalue weighted by Crippen LogP contribution is -2.08. The van der Waals surface area contributed by atoms with Gasteiger partial charge in [-0.05, 0) is 42.5 Å². The summed E-state index contributed by atoms with van der Waals surface area (Å²) in [7, 11) is 1.66. The number of nitriles is 1. The average Bonchev–Trinajstić information content (AvgIpc) is 2.27. The summed E-state index contributed by atoms with van der Waals surface area (Å²) in [5, 5.41) is 9.01. The molecule has 2 rings (SSSR count). The Balaban J connectivity index is 2.44. The van der Waals surface area contributed by atoms with E-state index < -0.39 is 0 Å². The van der Waals surface area contributed by atoms with Crippen molar-refractivity contribution in [1.29, 1.82) is 5.26 Å². The van der Waals surface area contributed by atoms with Gasteiger partial charge in [-0.3, -0.25) is 0 Å². The third-order valence-electron chi connectivity index (χ3n) is 2.82. The fourth-order valence-electron chi connectivity index (χ4n) is 2.04. The minimum absolute atomic E-state index is 0.0637. The molecular formula is C12H13NO. The lowest BCUT2D eigenvalue weighted by Gasteiger charge is -2.20. The second kappa shape index (κ2) is 3.71. The molecule has 1 aliphatic rings. The molecule has 1 atom stereocenters. The fourth-order valence-corrected chi connectivity index (χ4v) is 2.04. The van der Waals surface area contributed by atoms with Crippen molar-refractivity contribution in [2.75, 3.05) is 7.11 Å². The second-order valence-corrected chi connectivity index (χ2v) is 3.64. The van der Waals surface area contributed by atoms with Crippen molar-refractivity contribution >= 4 is 0 Å². The molecule has 0 spiro atoms. The molecular weight excluding hydrogens is 174 g/mol. The van der Waals surface area contributed by atoms with Gasteiger partial charge in [0.15, 0.2) is 0 Å². The zero-order valence-electron chi connectivity index (χ0n) is 8.29. The third kappa shape index (κ3) is 1.46. The van der Waals surface area contributed by atoms with Gasteiger partial charge in [-0.2, -0.15) is 5.26 Å². The summed E-state index contributed by atoms with van der Waals surface area (Å²) >= 11 is 0. The Morgan fingerprint density at radius 2 is 2.36 bits per heavy atom. The van der Waals surface area contributed by atoms with Crippen LogP contribution in [-0.2, 0) is 6.42 Å². The topological polar surface area (TPSA) is 33.0 Å². The molecule has 2 nitrogen and oxygen atoms in total. The van der Waals surface area contributed by atoms with Crippen LogP contribution in [-0.4, -0.2) is 7.11 Å². The first kappa shape index (κ1) is 9.08. The van der Waals surface area contributed by atoms with Gasteiger partial charge in [0, 0.05) is 0 Å². The first-order valence-electron chi connectivity index (χ1n) is 4.91. The molecule has 0 saturated heterocycles. The predicted molar refractivity (Wildman–Crippen MR) is 54.3 cm³/mol. The maximum absolute atomic E-state index is 9.01. The Kier molecular flexibility index (Phi) is 2.41. The van der Waals surface area contributed by atoms with Gasteiger partial charge in [-0.15, -0.1) is 0 Å². The van der Waals surface area contributed by atoms with E-state index in [0.717, 1.165) is 30.6 Å². The van der Waals surface area contributed by atoms with Crippen molar-refractivity contribution in [2.24, 2.45) is 0 Å². The van der Waals surface area contributed by atoms with E-state index in [1.54, 1.807) is 7.11 Å². The zero-order valence-corrected chi connectivity index (χ0v) is 8.29. The molecule has 1 unspecified atom stereocenters. The summed E-state index contributed by atoms with van der Waals surface area (Å²) in [5.41, 5.74) is 2.47. The van der Waals surface area contributed by atoms with E-state index in [1.807, 2.05) is 12.1 Å². The molecule has 1 aromatic carbocycles. The fraction of sp³-hybridized carbons (Fsp3) is 0.417. The molecule has 14 heavy (non-hydrogen) atoms. The minimum atomic E-state index is 0.0637. The Bertz CT molecular complexity index is 378. The number of fused-ring (bicyclic) bond motifs is 1. The van der Waals surface area contributed by atoms with Crippen LogP contribution in [0.4, 0.5) is 0 Å². The monoisotopic (exact) mass is 187 g/mol. The van der Waals surface area contributed by atoms with Gasteiger partial charge in [0.2, 0.25) is 0 Å². The largest absolute Gasteiger partial charge is 0.497 e. The van der Waals surface area contributed by atoms with Gasteiger partial charge in [0.25, 0.3) is 0 Å². The lowest BCUT2D eigenvalue weighted by molar-refractivity contribution is 0.413. The van der Waals surface area contributed by atoms with Gasteiger partial charge in [0.05, 0.1) is 19.1 Å². The van der Waals surface area contributed by atoms with Gasteiger partial charge in [-0.1, -0.05) is 6.07 Å². The highest BCUT2D eigenvalue weighted by Crippen LogP contribution is 2.33. The molecule has 1 aromatic rings. The molecule has 1 aliphatic carbocycles. The second-order valence-electron chi connectivity index (χ2n) is 3.64. The highest BCUT2D eigenvalue weighted by atomic mass is 16.5. The SMILES string of the molecule is COc1ccc2c(c1)C(C#N)CCC2. The number of nitrogens with zero attached hydrogens (tertiary/aromatic N) is 1. The third-order valence-corrected chi connectivity index (χ3v) is 2.82. The van der Waals surface area contributed by atoms with Crippen LogP contribution in [0.5, 0.6) is 5.75 Å². The average molecular weight is 187 g/mol. The number of rotatable bonds is 1. The van der Waals surface area contributed by atoms with Crippen molar-refractivity contribution in [3.05, 3.63) is 29.3 Å². The van der Waals surface area contributed by atoms with Crippen molar-refractivity contribution in [2.45, 2.75) is 25.2 Å². The van der Waals surface area contributed by atoms with E-state index in [4.69, 9.17) is 10.00 Å². The van der Waals surface area contributed by atoms with Crippen LogP contribution >= 0.6 is 0 Å². The lowest BCUT2D eigenvalue weighted by atomic mass is 9.83. The van der Waals surface area contributed by atoms with Gasteiger partial charge in [-0.25, -0.2) is 0 Å². The van der Waals surface area contributed by atoms with Crippen LogP contribution < -0.4 is 4.74 Å². The summed E-state index contributed by atoms with van der Waals surface area (Å²) in [5.74, 6) is 0.916. The van der Waals surface area contributed by atoms with Crippen LogP contribution in [0, 0.1) is 11.3 Å². The Morgan fingerprint density at radius 1 is 1.50 bits per heavy atom. The number of ether oxygens (including phenoxy) is 1. The summed E-state index contributed by atoms with van der Waals surface area (Å²) in [6.45, 7) is 0. The van der Waals surface area contributed by atoms with E-state index in [0.29, 0.717) is 0 Å². The van der Waals surface area contributed by atoms with E-state index >= 15 is 0 Å². The first-order valence-corrected chi connectivity index (χ1v) is 4.91. The number of hydrogen-bond acceptors (Lipinski definition) is 2. The maximum atomic E-state index is 9.01. The molecule has 0 radical (unpaired) electrons. The van der Waals surface area contributed by atoms with Gasteiger partial charge < -0.3 is 4.74 Å². The Morgan fingerprint density at radius 3 is 3.07 bits per heavy atom. The molecule has 72 valence electrons. The van der Waals surface area contributed by atoms with Crippen LogP contribution in [0.2, 0.25) is 0 Å². The maximum Gasteiger partial charge on any atom is 0.119 e. The number of benzene rings is 1. The predicted octanol–water partition coefficient (Wildman–Crippen LogP) is 2.64. The molecule has 2 heteroatoms. The molecule has 0 N–H and O–H groups in total. The van der Waals surface area contributed by atoms with Crippen LogP contribution in [0.25, 0.3) is 0 Å². The molecule has 0 heterocycles. The zero-order chi connectivity index (χ0) is 9.97.